The molecule has 7 nitrogen and oxygen atoms in total. The van der Waals surface area contributed by atoms with E-state index in [9.17, 15) is 14.4 Å². The van der Waals surface area contributed by atoms with Crippen LogP contribution < -0.4 is 9.47 Å². The largest absolute Gasteiger partial charge is 0.490 e. The highest BCUT2D eigenvalue weighted by Gasteiger charge is 2.37. The van der Waals surface area contributed by atoms with E-state index in [-0.39, 0.29) is 17.4 Å². The Morgan fingerprint density at radius 2 is 1.77 bits per heavy atom. The molecule has 3 amide bonds. The number of hydrogen-bond acceptors (Lipinski definition) is 6. The van der Waals surface area contributed by atoms with Gasteiger partial charge in [0.2, 0.25) is 5.91 Å². The van der Waals surface area contributed by atoms with Crippen molar-refractivity contribution in [3.8, 4) is 11.5 Å². The molecular formula is C26H27BrN2O5S. The molecule has 0 atom stereocenters. The van der Waals surface area contributed by atoms with E-state index in [2.05, 4.69) is 15.9 Å². The van der Waals surface area contributed by atoms with Crippen LogP contribution in [0.25, 0.3) is 6.08 Å². The molecule has 2 aromatic rings. The molecule has 0 saturated carbocycles. The predicted molar refractivity (Wildman–Crippen MR) is 139 cm³/mol. The molecular weight excluding hydrogens is 532 g/mol. The Morgan fingerprint density at radius 1 is 1.09 bits per heavy atom. The molecule has 2 fully saturated rings. The first-order valence-corrected chi connectivity index (χ1v) is 13.1. The van der Waals surface area contributed by atoms with Crippen LogP contribution in [0.4, 0.5) is 4.79 Å². The van der Waals surface area contributed by atoms with Gasteiger partial charge in [0.05, 0.1) is 11.5 Å². The number of likely N-dealkylation sites (tertiary alicyclic amines) is 1. The summed E-state index contributed by atoms with van der Waals surface area (Å²) in [5.41, 5.74) is 2.89. The molecule has 0 N–H and O–H groups in total. The van der Waals surface area contributed by atoms with Crippen LogP contribution in [-0.2, 0) is 16.2 Å². The van der Waals surface area contributed by atoms with E-state index in [0.717, 1.165) is 35.1 Å². The minimum atomic E-state index is -0.461. The Bertz CT molecular complexity index is 1160. The molecule has 0 bridgehead atoms. The molecule has 0 spiro atoms. The number of rotatable bonds is 8. The van der Waals surface area contributed by atoms with E-state index < -0.39 is 11.1 Å². The minimum Gasteiger partial charge on any atom is -0.490 e. The predicted octanol–water partition coefficient (Wildman–Crippen LogP) is 5.39. The second-order valence-electron chi connectivity index (χ2n) is 8.38. The Balaban J connectivity index is 1.51. The topological polar surface area (TPSA) is 76.2 Å². The monoisotopic (exact) mass is 558 g/mol. The molecule has 184 valence electrons. The van der Waals surface area contributed by atoms with Crippen LogP contribution in [0.3, 0.4) is 0 Å². The summed E-state index contributed by atoms with van der Waals surface area (Å²) < 4.78 is 12.5. The third-order valence-electron chi connectivity index (χ3n) is 5.79. The summed E-state index contributed by atoms with van der Waals surface area (Å²) in [7, 11) is 0. The Morgan fingerprint density at radius 3 is 2.46 bits per heavy atom. The van der Waals surface area contributed by atoms with Gasteiger partial charge in [-0.1, -0.05) is 45.8 Å². The number of thioether (sulfide) groups is 1. The number of ether oxygens (including phenoxy) is 2. The first-order chi connectivity index (χ1) is 16.9. The van der Waals surface area contributed by atoms with Gasteiger partial charge in [-0.25, -0.2) is 0 Å². The maximum atomic E-state index is 12.9. The average Bonchev–Trinajstić information content (AvgIpc) is 3.46. The molecule has 0 aliphatic carbocycles. The van der Waals surface area contributed by atoms with Crippen molar-refractivity contribution in [1.82, 2.24) is 9.80 Å². The molecule has 2 aliphatic heterocycles. The molecule has 4 rings (SSSR count). The number of amides is 3. The number of nitrogens with zero attached hydrogens (tertiary/aromatic N) is 2. The Kier molecular flexibility index (Phi) is 8.18. The number of carbonyl (C=O) groups is 3. The maximum Gasteiger partial charge on any atom is 0.294 e. The van der Waals surface area contributed by atoms with Crippen LogP contribution in [0.1, 0.15) is 36.5 Å². The first-order valence-electron chi connectivity index (χ1n) is 11.5. The van der Waals surface area contributed by atoms with E-state index in [1.807, 2.05) is 38.1 Å². The lowest BCUT2D eigenvalue weighted by Crippen LogP contribution is -2.40. The molecule has 2 aromatic carbocycles. The second kappa shape index (κ2) is 11.3. The van der Waals surface area contributed by atoms with Gasteiger partial charge in [-0.3, -0.25) is 19.3 Å². The highest BCUT2D eigenvalue weighted by Crippen LogP contribution is 2.38. The zero-order valence-corrected chi connectivity index (χ0v) is 22.1. The van der Waals surface area contributed by atoms with Crippen molar-refractivity contribution < 1.29 is 23.9 Å². The number of benzene rings is 2. The normalized spacial score (nSPS) is 16.9. The zero-order valence-electron chi connectivity index (χ0n) is 19.7. The molecule has 9 heteroatoms. The summed E-state index contributed by atoms with van der Waals surface area (Å²) in [6.07, 6.45) is 3.55. The van der Waals surface area contributed by atoms with Crippen molar-refractivity contribution in [2.45, 2.75) is 33.3 Å². The lowest BCUT2D eigenvalue weighted by molar-refractivity contribution is -0.135. The average molecular weight is 559 g/mol. The minimum absolute atomic E-state index is 0.194. The summed E-state index contributed by atoms with van der Waals surface area (Å²) in [6, 6.07) is 11.7. The van der Waals surface area contributed by atoms with Crippen LogP contribution in [0.5, 0.6) is 11.5 Å². The van der Waals surface area contributed by atoms with E-state index in [1.165, 1.54) is 5.56 Å². The summed E-state index contributed by atoms with van der Waals surface area (Å²) in [4.78, 5) is 40.8. The fraction of sp³-hybridized carbons (Fsp3) is 0.346. The number of carbonyl (C=O) groups excluding carboxylic acids is 3. The summed E-state index contributed by atoms with van der Waals surface area (Å²) in [6.45, 7) is 5.88. The van der Waals surface area contributed by atoms with Gasteiger partial charge < -0.3 is 14.4 Å². The fourth-order valence-electron chi connectivity index (χ4n) is 3.87. The summed E-state index contributed by atoms with van der Waals surface area (Å²) in [5, 5.41) is -0.437. The lowest BCUT2D eigenvalue weighted by atomic mass is 10.1. The van der Waals surface area contributed by atoms with E-state index in [1.54, 1.807) is 23.1 Å². The number of aryl methyl sites for hydroxylation is 1. The molecule has 2 heterocycles. The molecule has 35 heavy (non-hydrogen) atoms. The quantitative estimate of drug-likeness (QED) is 0.404. The third-order valence-corrected chi connectivity index (χ3v) is 7.38. The molecule has 0 radical (unpaired) electrons. The van der Waals surface area contributed by atoms with Crippen molar-refractivity contribution in [3.05, 3.63) is 62.5 Å². The molecule has 0 unspecified atom stereocenters. The number of hydrogen-bond donors (Lipinski definition) is 0. The Labute approximate surface area is 217 Å². The Hall–Kier alpha value is -2.78. The van der Waals surface area contributed by atoms with Crippen molar-refractivity contribution in [2.75, 3.05) is 26.2 Å². The van der Waals surface area contributed by atoms with Gasteiger partial charge >= 0.3 is 0 Å². The van der Waals surface area contributed by atoms with Gasteiger partial charge in [0.15, 0.2) is 11.5 Å². The smallest absolute Gasteiger partial charge is 0.294 e. The van der Waals surface area contributed by atoms with E-state index in [0.29, 0.717) is 47.8 Å². The van der Waals surface area contributed by atoms with Crippen molar-refractivity contribution in [3.63, 3.8) is 0 Å². The van der Waals surface area contributed by atoms with Crippen LogP contribution in [-0.4, -0.2) is 53.1 Å². The van der Waals surface area contributed by atoms with Gasteiger partial charge in [0, 0.05) is 17.6 Å². The van der Waals surface area contributed by atoms with E-state index >= 15 is 0 Å². The van der Waals surface area contributed by atoms with Crippen molar-refractivity contribution >= 4 is 50.8 Å². The highest BCUT2D eigenvalue weighted by atomic mass is 79.9. The van der Waals surface area contributed by atoms with Gasteiger partial charge in [-0.05, 0) is 67.8 Å². The lowest BCUT2D eigenvalue weighted by Gasteiger charge is -2.18. The van der Waals surface area contributed by atoms with Crippen molar-refractivity contribution in [2.24, 2.45) is 0 Å². The van der Waals surface area contributed by atoms with Crippen LogP contribution in [0.2, 0.25) is 0 Å². The van der Waals surface area contributed by atoms with Gasteiger partial charge in [-0.15, -0.1) is 0 Å². The molecule has 2 saturated heterocycles. The molecule has 2 aliphatic rings. The zero-order chi connectivity index (χ0) is 24.9. The standard InChI is InChI=1S/C26H27BrN2O5S/c1-3-33-21-12-19(20(27)14-22(21)34-16-18-8-6-17(2)7-9-18)13-23-25(31)29(26(32)35-23)15-24(30)28-10-4-5-11-28/h6-9,12-14H,3-5,10-11,15-16H2,1-2H3/b23-13+. The fourth-order valence-corrected chi connectivity index (χ4v) is 5.13. The van der Waals surface area contributed by atoms with Gasteiger partial charge in [-0.2, -0.15) is 0 Å². The third kappa shape index (κ3) is 6.08. The number of halogens is 1. The van der Waals surface area contributed by atoms with Crippen molar-refractivity contribution in [1.29, 1.82) is 0 Å². The summed E-state index contributed by atoms with van der Waals surface area (Å²) in [5.74, 6) is 0.455. The first kappa shape index (κ1) is 25.3. The second-order valence-corrected chi connectivity index (χ2v) is 10.2. The SMILES string of the molecule is CCOc1cc(/C=C2/SC(=O)N(CC(=O)N3CCCC3)C2=O)c(Br)cc1OCc1ccc(C)cc1. The van der Waals surface area contributed by atoms with Crippen LogP contribution in [0, 0.1) is 6.92 Å². The van der Waals surface area contributed by atoms with Gasteiger partial charge in [0.1, 0.15) is 13.2 Å². The maximum absolute atomic E-state index is 12.9. The van der Waals surface area contributed by atoms with Gasteiger partial charge in [0.25, 0.3) is 11.1 Å². The van der Waals surface area contributed by atoms with E-state index in [4.69, 9.17) is 9.47 Å². The van der Waals surface area contributed by atoms with Crippen LogP contribution in [0.15, 0.2) is 45.8 Å². The number of imide groups is 1. The summed E-state index contributed by atoms with van der Waals surface area (Å²) >= 11 is 4.39. The highest BCUT2D eigenvalue weighted by molar-refractivity contribution is 9.10. The molecule has 0 aromatic heterocycles. The van der Waals surface area contributed by atoms with Crippen LogP contribution >= 0.6 is 27.7 Å².